The molecular weight excluding hydrogens is 510 g/mol. The summed E-state index contributed by atoms with van der Waals surface area (Å²) in [6, 6.07) is 7.05. The lowest BCUT2D eigenvalue weighted by Gasteiger charge is -2.26. The summed E-state index contributed by atoms with van der Waals surface area (Å²) < 4.78 is 21.8. The van der Waals surface area contributed by atoms with Crippen LogP contribution in [0.25, 0.3) is 5.76 Å². The number of carbonyl (C=O) groups excluding carboxylic acids is 2. The Labute approximate surface area is 204 Å². The summed E-state index contributed by atoms with van der Waals surface area (Å²) in [5, 5.41) is 21.5. The normalized spacial score (nSPS) is 18.9. The van der Waals surface area contributed by atoms with Gasteiger partial charge in [-0.05, 0) is 58.2 Å². The van der Waals surface area contributed by atoms with Crippen LogP contribution in [-0.4, -0.2) is 67.4 Å². The van der Waals surface area contributed by atoms with Crippen LogP contribution in [-0.2, 0) is 14.3 Å². The Balaban J connectivity index is 1.86. The van der Waals surface area contributed by atoms with Crippen molar-refractivity contribution in [1.29, 1.82) is 0 Å². The van der Waals surface area contributed by atoms with Crippen molar-refractivity contribution < 1.29 is 38.7 Å². The van der Waals surface area contributed by atoms with E-state index in [1.165, 1.54) is 18.1 Å². The van der Waals surface area contributed by atoms with Crippen LogP contribution in [0.4, 0.5) is 0 Å². The van der Waals surface area contributed by atoms with E-state index in [9.17, 15) is 19.8 Å². The minimum Gasteiger partial charge on any atom is -0.507 e. The van der Waals surface area contributed by atoms with Crippen molar-refractivity contribution in [2.45, 2.75) is 12.5 Å². The Bertz CT molecular complexity index is 1160. The highest BCUT2D eigenvalue weighted by Gasteiger charge is 2.46. The number of likely N-dealkylation sites (tertiary alicyclic amines) is 1. The second kappa shape index (κ2) is 9.94. The zero-order valence-electron chi connectivity index (χ0n) is 18.7. The third-order valence-corrected chi connectivity index (χ3v) is 6.29. The first-order valence-corrected chi connectivity index (χ1v) is 11.4. The van der Waals surface area contributed by atoms with Gasteiger partial charge in [-0.3, -0.25) is 9.59 Å². The van der Waals surface area contributed by atoms with E-state index in [2.05, 4.69) is 15.9 Å². The highest BCUT2D eigenvalue weighted by molar-refractivity contribution is 9.10. The molecule has 0 aliphatic carbocycles. The maximum atomic E-state index is 13.2. The van der Waals surface area contributed by atoms with Gasteiger partial charge in [-0.15, -0.1) is 0 Å². The Hall–Kier alpha value is -3.24. The molecular formula is C24H24BrNO8. The first kappa shape index (κ1) is 23.9. The summed E-state index contributed by atoms with van der Waals surface area (Å²) in [6.45, 7) is 1.40. The van der Waals surface area contributed by atoms with Crippen LogP contribution in [0.1, 0.15) is 23.6 Å². The fourth-order valence-corrected chi connectivity index (χ4v) is 4.55. The van der Waals surface area contributed by atoms with Crippen molar-refractivity contribution in [3.8, 4) is 23.0 Å². The standard InChI is InChI=1S/C24H24BrNO8/c1-31-7-3-6-26-20(14-10-15(25)22(28)18(12-14)32-2)19(23(29)24(26)30)21(27)13-4-5-16-17(11-13)34-9-8-33-16/h4-5,10-12,20,27-28H,3,6-9H2,1-2H3/b21-19+/t20-/m1/s1. The quantitative estimate of drug-likeness (QED) is 0.241. The number of fused-ring (bicyclic) bond motifs is 1. The van der Waals surface area contributed by atoms with Gasteiger partial charge in [-0.2, -0.15) is 0 Å². The monoisotopic (exact) mass is 533 g/mol. The van der Waals surface area contributed by atoms with Gasteiger partial charge in [0.15, 0.2) is 23.0 Å². The summed E-state index contributed by atoms with van der Waals surface area (Å²) in [4.78, 5) is 27.6. The molecule has 1 fully saturated rings. The van der Waals surface area contributed by atoms with Crippen molar-refractivity contribution in [3.05, 3.63) is 51.5 Å². The van der Waals surface area contributed by atoms with Crippen LogP contribution in [0.2, 0.25) is 0 Å². The highest BCUT2D eigenvalue weighted by Crippen LogP contribution is 2.45. The molecule has 2 aromatic rings. The molecule has 2 aliphatic heterocycles. The van der Waals surface area contributed by atoms with Gasteiger partial charge in [0.2, 0.25) is 0 Å². The van der Waals surface area contributed by atoms with Gasteiger partial charge in [0, 0.05) is 25.8 Å². The number of nitrogens with zero attached hydrogens (tertiary/aromatic N) is 1. The fraction of sp³-hybridized carbons (Fsp3) is 0.333. The lowest BCUT2D eigenvalue weighted by molar-refractivity contribution is -0.140. The number of hydrogen-bond donors (Lipinski definition) is 2. The number of phenolic OH excluding ortho intramolecular Hbond substituents is 1. The Morgan fingerprint density at radius 1 is 1.15 bits per heavy atom. The molecule has 2 heterocycles. The summed E-state index contributed by atoms with van der Waals surface area (Å²) in [7, 11) is 2.95. The molecule has 4 rings (SSSR count). The molecule has 0 saturated carbocycles. The Morgan fingerprint density at radius 3 is 2.59 bits per heavy atom. The Kier molecular flexibility index (Phi) is 6.99. The number of benzene rings is 2. The number of aliphatic hydroxyl groups excluding tert-OH is 1. The van der Waals surface area contributed by atoms with Crippen molar-refractivity contribution in [3.63, 3.8) is 0 Å². The van der Waals surface area contributed by atoms with Crippen LogP contribution < -0.4 is 14.2 Å². The fourth-order valence-electron chi connectivity index (χ4n) is 4.09. The third kappa shape index (κ3) is 4.30. The van der Waals surface area contributed by atoms with E-state index in [-0.39, 0.29) is 29.4 Å². The molecule has 1 amide bonds. The van der Waals surface area contributed by atoms with Gasteiger partial charge in [-0.1, -0.05) is 0 Å². The molecule has 10 heteroatoms. The summed E-state index contributed by atoms with van der Waals surface area (Å²) in [5.74, 6) is -0.860. The van der Waals surface area contributed by atoms with Gasteiger partial charge in [0.05, 0.1) is 23.2 Å². The minimum atomic E-state index is -0.907. The van der Waals surface area contributed by atoms with Crippen LogP contribution in [0, 0.1) is 0 Å². The molecule has 2 aromatic carbocycles. The number of ether oxygens (including phenoxy) is 4. The predicted octanol–water partition coefficient (Wildman–Crippen LogP) is 3.39. The highest BCUT2D eigenvalue weighted by atomic mass is 79.9. The summed E-state index contributed by atoms with van der Waals surface area (Å²) >= 11 is 3.29. The number of hydrogen-bond acceptors (Lipinski definition) is 8. The van der Waals surface area contributed by atoms with Crippen LogP contribution in [0.15, 0.2) is 40.4 Å². The van der Waals surface area contributed by atoms with E-state index in [1.54, 1.807) is 31.4 Å². The third-order valence-electron chi connectivity index (χ3n) is 5.69. The maximum Gasteiger partial charge on any atom is 0.295 e. The molecule has 1 atom stereocenters. The number of methoxy groups -OCH3 is 2. The number of ketones is 1. The molecule has 2 N–H and O–H groups in total. The topological polar surface area (TPSA) is 115 Å². The number of carbonyl (C=O) groups is 2. The van der Waals surface area contributed by atoms with E-state index in [0.717, 1.165) is 0 Å². The van der Waals surface area contributed by atoms with Crippen molar-refractivity contribution in [2.75, 3.05) is 40.6 Å². The average Bonchev–Trinajstić information content (AvgIpc) is 3.10. The van der Waals surface area contributed by atoms with Crippen LogP contribution >= 0.6 is 15.9 Å². The zero-order valence-corrected chi connectivity index (χ0v) is 20.3. The van der Waals surface area contributed by atoms with Crippen LogP contribution in [0.5, 0.6) is 23.0 Å². The molecule has 0 spiro atoms. The van der Waals surface area contributed by atoms with Crippen molar-refractivity contribution >= 4 is 33.4 Å². The number of aromatic hydroxyl groups is 1. The van der Waals surface area contributed by atoms with Crippen molar-refractivity contribution in [1.82, 2.24) is 4.90 Å². The lowest BCUT2D eigenvalue weighted by atomic mass is 9.94. The number of amides is 1. The van der Waals surface area contributed by atoms with E-state index in [0.29, 0.717) is 53.3 Å². The van der Waals surface area contributed by atoms with Crippen molar-refractivity contribution in [2.24, 2.45) is 0 Å². The van der Waals surface area contributed by atoms with E-state index in [4.69, 9.17) is 18.9 Å². The minimum absolute atomic E-state index is 0.0706. The van der Waals surface area contributed by atoms with Crippen LogP contribution in [0.3, 0.4) is 0 Å². The van der Waals surface area contributed by atoms with Gasteiger partial charge in [0.25, 0.3) is 11.7 Å². The van der Waals surface area contributed by atoms with E-state index < -0.39 is 17.7 Å². The SMILES string of the molecule is COCCCN1C(=O)C(=O)/C(=C(/O)c2ccc3c(c2)OCCO3)[C@H]1c1cc(Br)c(O)c(OC)c1. The molecule has 180 valence electrons. The molecule has 2 aliphatic rings. The molecule has 9 nitrogen and oxygen atoms in total. The second-order valence-electron chi connectivity index (χ2n) is 7.75. The molecule has 1 saturated heterocycles. The van der Waals surface area contributed by atoms with Gasteiger partial charge in [-0.25, -0.2) is 0 Å². The predicted molar refractivity (Wildman–Crippen MR) is 125 cm³/mol. The smallest absolute Gasteiger partial charge is 0.295 e. The molecule has 34 heavy (non-hydrogen) atoms. The zero-order chi connectivity index (χ0) is 24.4. The average molecular weight is 534 g/mol. The number of phenols is 1. The number of halogens is 1. The first-order valence-electron chi connectivity index (χ1n) is 10.6. The first-order chi connectivity index (χ1) is 16.4. The molecule has 0 radical (unpaired) electrons. The maximum absolute atomic E-state index is 13.2. The number of rotatable bonds is 7. The van der Waals surface area contributed by atoms with E-state index in [1.807, 2.05) is 0 Å². The molecule has 0 unspecified atom stereocenters. The Morgan fingerprint density at radius 2 is 1.88 bits per heavy atom. The van der Waals surface area contributed by atoms with Gasteiger partial charge < -0.3 is 34.1 Å². The lowest BCUT2D eigenvalue weighted by Crippen LogP contribution is -2.31. The largest absolute Gasteiger partial charge is 0.507 e. The molecule has 0 bridgehead atoms. The second-order valence-corrected chi connectivity index (χ2v) is 8.61. The number of Topliss-reactive ketones (excluding diaryl/α,β-unsaturated/α-hetero) is 1. The van der Waals surface area contributed by atoms with Gasteiger partial charge >= 0.3 is 0 Å². The summed E-state index contributed by atoms with van der Waals surface area (Å²) in [5.41, 5.74) is 0.727. The molecule has 0 aromatic heterocycles. The summed E-state index contributed by atoms with van der Waals surface area (Å²) in [6.07, 6.45) is 0.487. The van der Waals surface area contributed by atoms with E-state index >= 15 is 0 Å². The number of aliphatic hydroxyl groups is 1. The van der Waals surface area contributed by atoms with Gasteiger partial charge in [0.1, 0.15) is 19.0 Å².